The zero-order valence-corrected chi connectivity index (χ0v) is 12.1. The first-order valence-electron chi connectivity index (χ1n) is 5.13. The van der Waals surface area contributed by atoms with Crippen LogP contribution in [-0.2, 0) is 4.74 Å². The quantitative estimate of drug-likeness (QED) is 0.687. The van der Waals surface area contributed by atoms with E-state index in [1.54, 1.807) is 30.3 Å². The number of ketones is 1. The number of aliphatic hydroxyl groups is 1. The Morgan fingerprint density at radius 2 is 1.78 bits per heavy atom. The van der Waals surface area contributed by atoms with Gasteiger partial charge in [-0.05, 0) is 6.92 Å². The lowest BCUT2D eigenvalue weighted by Crippen LogP contribution is -2.53. The standard InChI is InChI=1S/C12H13Cl3O3/c1-11(17,10(18-2)12(13,14)15)9(16)8-6-4-3-5-7-8/h3-7,10,17H,1-2H3. The Kier molecular flexibility index (Phi) is 5.04. The number of carbonyl (C=O) groups is 1. The molecule has 0 aliphatic carbocycles. The maximum atomic E-state index is 12.2. The Morgan fingerprint density at radius 1 is 1.28 bits per heavy atom. The summed E-state index contributed by atoms with van der Waals surface area (Å²) in [4.78, 5) is 12.2. The largest absolute Gasteiger partial charge is 0.379 e. The first-order chi connectivity index (χ1) is 8.21. The summed E-state index contributed by atoms with van der Waals surface area (Å²) in [5.74, 6) is -0.568. The van der Waals surface area contributed by atoms with E-state index in [4.69, 9.17) is 39.5 Å². The highest BCUT2D eigenvalue weighted by molar-refractivity contribution is 6.68. The number of alkyl halides is 3. The number of methoxy groups -OCH3 is 1. The number of benzene rings is 1. The molecule has 1 aromatic carbocycles. The molecule has 0 saturated carbocycles. The second-order valence-corrected chi connectivity index (χ2v) is 6.37. The molecular formula is C12H13Cl3O3. The molecule has 0 bridgehead atoms. The van der Waals surface area contributed by atoms with Crippen LogP contribution < -0.4 is 0 Å². The average Bonchev–Trinajstić information content (AvgIpc) is 2.27. The normalized spacial score (nSPS) is 17.0. The number of Topliss-reactive ketones (excluding diaryl/α,β-unsaturated/α-hetero) is 1. The van der Waals surface area contributed by atoms with E-state index >= 15 is 0 Å². The van der Waals surface area contributed by atoms with Crippen LogP contribution in [0.25, 0.3) is 0 Å². The molecule has 2 atom stereocenters. The van der Waals surface area contributed by atoms with Crippen LogP contribution in [-0.4, -0.2) is 33.5 Å². The van der Waals surface area contributed by atoms with Crippen molar-refractivity contribution in [2.24, 2.45) is 0 Å². The van der Waals surface area contributed by atoms with Gasteiger partial charge in [0, 0.05) is 12.7 Å². The second kappa shape index (κ2) is 5.76. The van der Waals surface area contributed by atoms with Gasteiger partial charge in [0.25, 0.3) is 0 Å². The predicted molar refractivity (Wildman–Crippen MR) is 72.5 cm³/mol. The number of rotatable bonds is 4. The first-order valence-corrected chi connectivity index (χ1v) is 6.26. The molecule has 0 radical (unpaired) electrons. The van der Waals surface area contributed by atoms with Gasteiger partial charge in [0.1, 0.15) is 6.10 Å². The Bertz CT molecular complexity index is 412. The van der Waals surface area contributed by atoms with Crippen molar-refractivity contribution >= 4 is 40.6 Å². The van der Waals surface area contributed by atoms with Gasteiger partial charge in [-0.15, -0.1) is 0 Å². The minimum atomic E-state index is -1.94. The molecule has 0 saturated heterocycles. The molecular weight excluding hydrogens is 298 g/mol. The van der Waals surface area contributed by atoms with Crippen LogP contribution >= 0.6 is 34.8 Å². The van der Waals surface area contributed by atoms with Gasteiger partial charge in [-0.1, -0.05) is 65.1 Å². The van der Waals surface area contributed by atoms with Gasteiger partial charge in [0.15, 0.2) is 11.4 Å². The molecule has 0 heterocycles. The van der Waals surface area contributed by atoms with Gasteiger partial charge in [0.05, 0.1) is 0 Å². The number of ether oxygens (including phenoxy) is 1. The Balaban J connectivity index is 3.09. The minimum absolute atomic E-state index is 0.318. The third kappa shape index (κ3) is 3.37. The maximum absolute atomic E-state index is 12.2. The van der Waals surface area contributed by atoms with Crippen molar-refractivity contribution in [3.05, 3.63) is 35.9 Å². The van der Waals surface area contributed by atoms with E-state index in [-0.39, 0.29) is 0 Å². The number of halogens is 3. The lowest BCUT2D eigenvalue weighted by molar-refractivity contribution is -0.0571. The van der Waals surface area contributed by atoms with Crippen molar-refractivity contribution in [3.63, 3.8) is 0 Å². The fraction of sp³-hybridized carbons (Fsp3) is 0.417. The predicted octanol–water partition coefficient (Wildman–Crippen LogP) is 3.01. The van der Waals surface area contributed by atoms with Crippen LogP contribution in [0.15, 0.2) is 30.3 Å². The van der Waals surface area contributed by atoms with Crippen LogP contribution in [0.1, 0.15) is 17.3 Å². The van der Waals surface area contributed by atoms with E-state index in [1.807, 2.05) is 0 Å². The molecule has 100 valence electrons. The van der Waals surface area contributed by atoms with E-state index in [9.17, 15) is 9.90 Å². The van der Waals surface area contributed by atoms with E-state index in [0.29, 0.717) is 5.56 Å². The molecule has 0 aliphatic rings. The smallest absolute Gasteiger partial charge is 0.219 e. The van der Waals surface area contributed by atoms with Crippen LogP contribution in [0.3, 0.4) is 0 Å². The molecule has 1 rings (SSSR count). The number of hydrogen-bond acceptors (Lipinski definition) is 3. The number of hydrogen-bond donors (Lipinski definition) is 1. The van der Waals surface area contributed by atoms with Crippen LogP contribution in [0, 0.1) is 0 Å². The second-order valence-electron chi connectivity index (χ2n) is 4.00. The van der Waals surface area contributed by atoms with Crippen molar-refractivity contribution in [2.45, 2.75) is 22.4 Å². The van der Waals surface area contributed by atoms with E-state index in [1.165, 1.54) is 14.0 Å². The fourth-order valence-electron chi connectivity index (χ4n) is 1.68. The highest BCUT2D eigenvalue weighted by Crippen LogP contribution is 2.38. The Hall–Kier alpha value is -0.320. The molecule has 0 amide bonds. The average molecular weight is 312 g/mol. The summed E-state index contributed by atoms with van der Waals surface area (Å²) in [5, 5.41) is 10.3. The van der Waals surface area contributed by atoms with Crippen molar-refractivity contribution in [3.8, 4) is 0 Å². The highest BCUT2D eigenvalue weighted by atomic mass is 35.6. The summed E-state index contributed by atoms with van der Waals surface area (Å²) in [6, 6.07) is 8.26. The van der Waals surface area contributed by atoms with E-state index in [0.717, 1.165) is 0 Å². The van der Waals surface area contributed by atoms with Gasteiger partial charge in [-0.2, -0.15) is 0 Å². The summed E-state index contributed by atoms with van der Waals surface area (Å²) < 4.78 is 3.04. The SMILES string of the molecule is COC(C(Cl)(Cl)Cl)C(C)(O)C(=O)c1ccccc1. The van der Waals surface area contributed by atoms with Crippen molar-refractivity contribution in [1.29, 1.82) is 0 Å². The minimum Gasteiger partial charge on any atom is -0.379 e. The summed E-state index contributed by atoms with van der Waals surface area (Å²) in [6.45, 7) is 1.26. The topological polar surface area (TPSA) is 46.5 Å². The molecule has 0 aromatic heterocycles. The Labute approximate surface area is 121 Å². The zero-order valence-electron chi connectivity index (χ0n) is 9.86. The molecule has 0 spiro atoms. The summed E-state index contributed by atoms with van der Waals surface area (Å²) in [7, 11) is 1.26. The van der Waals surface area contributed by atoms with E-state index < -0.39 is 21.3 Å². The lowest BCUT2D eigenvalue weighted by atomic mass is 9.90. The van der Waals surface area contributed by atoms with Crippen LogP contribution in [0.5, 0.6) is 0 Å². The molecule has 3 nitrogen and oxygen atoms in total. The molecule has 6 heteroatoms. The van der Waals surface area contributed by atoms with Gasteiger partial charge in [-0.25, -0.2) is 0 Å². The highest BCUT2D eigenvalue weighted by Gasteiger charge is 2.50. The zero-order chi connectivity index (χ0) is 14.0. The molecule has 0 fully saturated rings. The molecule has 2 unspecified atom stereocenters. The van der Waals surface area contributed by atoms with Gasteiger partial charge in [-0.3, -0.25) is 4.79 Å². The van der Waals surface area contributed by atoms with E-state index in [2.05, 4.69) is 0 Å². The summed E-state index contributed by atoms with van der Waals surface area (Å²) in [6.07, 6.45) is -1.28. The molecule has 1 aromatic rings. The molecule has 0 aliphatic heterocycles. The Morgan fingerprint density at radius 3 is 2.17 bits per heavy atom. The number of carbonyl (C=O) groups excluding carboxylic acids is 1. The van der Waals surface area contributed by atoms with Gasteiger partial charge >= 0.3 is 0 Å². The van der Waals surface area contributed by atoms with Crippen molar-refractivity contribution in [2.75, 3.05) is 7.11 Å². The van der Waals surface area contributed by atoms with Crippen LogP contribution in [0.2, 0.25) is 0 Å². The molecule has 1 N–H and O–H groups in total. The van der Waals surface area contributed by atoms with Crippen molar-refractivity contribution < 1.29 is 14.6 Å². The van der Waals surface area contributed by atoms with Crippen LogP contribution in [0.4, 0.5) is 0 Å². The fourth-order valence-corrected chi connectivity index (χ4v) is 2.59. The first kappa shape index (κ1) is 15.7. The summed E-state index contributed by atoms with van der Waals surface area (Å²) in [5.41, 5.74) is -1.62. The van der Waals surface area contributed by atoms with Gasteiger partial charge < -0.3 is 9.84 Å². The maximum Gasteiger partial charge on any atom is 0.219 e. The van der Waals surface area contributed by atoms with Gasteiger partial charge in [0.2, 0.25) is 3.79 Å². The summed E-state index contributed by atoms with van der Waals surface area (Å²) >= 11 is 17.1. The van der Waals surface area contributed by atoms with Crippen molar-refractivity contribution in [1.82, 2.24) is 0 Å². The third-order valence-electron chi connectivity index (χ3n) is 2.54. The monoisotopic (exact) mass is 310 g/mol. The lowest BCUT2D eigenvalue weighted by Gasteiger charge is -2.34. The third-order valence-corrected chi connectivity index (χ3v) is 3.13. The molecule has 18 heavy (non-hydrogen) atoms.